The molecule has 0 heterocycles. The molecule has 0 bridgehead atoms. The minimum atomic E-state index is -4.24. The van der Waals surface area contributed by atoms with Crippen LogP contribution in [0.1, 0.15) is 16.7 Å². The van der Waals surface area contributed by atoms with Gasteiger partial charge in [0.15, 0.2) is 0 Å². The van der Waals surface area contributed by atoms with Crippen LogP contribution in [-0.2, 0) is 32.6 Å². The summed E-state index contributed by atoms with van der Waals surface area (Å²) in [5, 5.41) is 2.70. The third-order valence-corrected chi connectivity index (χ3v) is 9.78. The lowest BCUT2D eigenvalue weighted by atomic mass is 10.0. The third kappa shape index (κ3) is 8.85. The molecule has 252 valence electrons. The van der Waals surface area contributed by atoms with Gasteiger partial charge in [-0.15, -0.1) is 0 Å². The number of sulfonamides is 1. The zero-order chi connectivity index (χ0) is 34.8. The van der Waals surface area contributed by atoms with E-state index in [0.29, 0.717) is 22.8 Å². The van der Waals surface area contributed by atoms with Crippen molar-refractivity contribution in [3.63, 3.8) is 0 Å². The summed E-state index contributed by atoms with van der Waals surface area (Å²) in [5.41, 5.74) is 2.71. The van der Waals surface area contributed by atoms with Gasteiger partial charge >= 0.3 is 0 Å². The number of aryl methyl sites for hydroxylation is 1. The van der Waals surface area contributed by atoms with Gasteiger partial charge in [-0.3, -0.25) is 13.9 Å². The van der Waals surface area contributed by atoms with E-state index < -0.39 is 28.5 Å². The average molecular weight is 678 g/mol. The third-order valence-electron chi connectivity index (χ3n) is 8.00. The van der Waals surface area contributed by atoms with Crippen LogP contribution in [0.3, 0.4) is 0 Å². The molecule has 0 saturated heterocycles. The van der Waals surface area contributed by atoms with Gasteiger partial charge in [0.05, 0.1) is 17.7 Å². The molecular weight excluding hydrogens is 639 g/mol. The molecule has 0 aliphatic carbocycles. The Kier molecular flexibility index (Phi) is 11.3. The Hall–Kier alpha value is -5.61. The highest BCUT2D eigenvalue weighted by Gasteiger charge is 2.34. The molecule has 0 aliphatic heterocycles. The van der Waals surface area contributed by atoms with Crippen molar-refractivity contribution in [2.75, 3.05) is 25.0 Å². The van der Waals surface area contributed by atoms with Crippen molar-refractivity contribution in [1.29, 1.82) is 0 Å². The molecule has 0 fully saturated rings. The Morgan fingerprint density at radius 1 is 0.735 bits per heavy atom. The summed E-state index contributed by atoms with van der Waals surface area (Å²) < 4.78 is 41.0. The van der Waals surface area contributed by atoms with Crippen LogP contribution in [0.4, 0.5) is 5.69 Å². The quantitative estimate of drug-likeness (QED) is 0.146. The van der Waals surface area contributed by atoms with Gasteiger partial charge in [-0.1, -0.05) is 78.4 Å². The van der Waals surface area contributed by atoms with Gasteiger partial charge < -0.3 is 19.7 Å². The molecule has 0 radical (unpaired) electrons. The molecule has 0 unspecified atom stereocenters. The zero-order valence-electron chi connectivity index (χ0n) is 27.7. The van der Waals surface area contributed by atoms with Gasteiger partial charge in [-0.2, -0.15) is 0 Å². The molecule has 1 atom stereocenters. The second-order valence-corrected chi connectivity index (χ2v) is 13.3. The Morgan fingerprint density at radius 3 is 1.96 bits per heavy atom. The lowest BCUT2D eigenvalue weighted by Crippen LogP contribution is -2.53. The Labute approximate surface area is 287 Å². The molecule has 0 aromatic heterocycles. The molecule has 5 aromatic carbocycles. The van der Waals surface area contributed by atoms with Crippen molar-refractivity contribution in [1.82, 2.24) is 10.2 Å². The van der Waals surface area contributed by atoms with Gasteiger partial charge in [0.25, 0.3) is 10.0 Å². The van der Waals surface area contributed by atoms with Crippen LogP contribution < -0.4 is 19.1 Å². The van der Waals surface area contributed by atoms with Crippen molar-refractivity contribution < 1.29 is 27.5 Å². The van der Waals surface area contributed by atoms with Crippen molar-refractivity contribution in [3.05, 3.63) is 150 Å². The van der Waals surface area contributed by atoms with Crippen molar-refractivity contribution in [2.45, 2.75) is 30.8 Å². The second kappa shape index (κ2) is 16.0. The topological polar surface area (TPSA) is 105 Å². The number of ether oxygens (including phenoxy) is 2. The van der Waals surface area contributed by atoms with Crippen molar-refractivity contribution in [2.24, 2.45) is 0 Å². The Balaban J connectivity index is 1.55. The number of carbonyl (C=O) groups is 2. The number of hydrogen-bond donors (Lipinski definition) is 1. The number of benzene rings is 5. The first-order valence-corrected chi connectivity index (χ1v) is 17.2. The summed E-state index contributed by atoms with van der Waals surface area (Å²) in [6, 6.07) is 37.8. The van der Waals surface area contributed by atoms with E-state index in [4.69, 9.17) is 9.47 Å². The number of rotatable bonds is 14. The van der Waals surface area contributed by atoms with Crippen LogP contribution in [0.15, 0.2) is 138 Å². The molecule has 1 N–H and O–H groups in total. The number of para-hydroxylation sites is 1. The molecule has 5 aromatic rings. The van der Waals surface area contributed by atoms with Gasteiger partial charge in [0.1, 0.15) is 29.8 Å². The molecular formula is C39H39N3O6S. The van der Waals surface area contributed by atoms with Crippen LogP contribution in [0.25, 0.3) is 0 Å². The number of anilines is 1. The summed E-state index contributed by atoms with van der Waals surface area (Å²) in [4.78, 5) is 29.5. The fraction of sp³-hybridized carbons (Fsp3) is 0.179. The number of hydrogen-bond acceptors (Lipinski definition) is 6. The van der Waals surface area contributed by atoms with Crippen LogP contribution in [0.2, 0.25) is 0 Å². The largest absolute Gasteiger partial charge is 0.497 e. The summed E-state index contributed by atoms with van der Waals surface area (Å²) in [7, 11) is -1.17. The summed E-state index contributed by atoms with van der Waals surface area (Å²) in [5.74, 6) is 0.770. The van der Waals surface area contributed by atoms with E-state index in [1.165, 1.54) is 24.1 Å². The molecule has 2 amide bonds. The molecule has 0 aliphatic rings. The molecule has 0 spiro atoms. The first-order chi connectivity index (χ1) is 23.7. The highest BCUT2D eigenvalue weighted by atomic mass is 32.2. The van der Waals surface area contributed by atoms with Crippen LogP contribution in [-0.4, -0.2) is 51.9 Å². The molecule has 5 rings (SSSR count). The predicted octanol–water partition coefficient (Wildman–Crippen LogP) is 6.38. The van der Waals surface area contributed by atoms with E-state index in [0.717, 1.165) is 15.4 Å². The van der Waals surface area contributed by atoms with Gasteiger partial charge in [0.2, 0.25) is 11.8 Å². The SMILES string of the molecule is CNC(=O)[C@H](Cc1ccccc1)N(Cc1cccc(OC)c1)C(=O)CN(c1ccc(Oc2ccccc2)cc1)S(=O)(=O)c1ccc(C)cc1. The summed E-state index contributed by atoms with van der Waals surface area (Å²) in [6.07, 6.45) is 0.215. The predicted molar refractivity (Wildman–Crippen MR) is 190 cm³/mol. The monoisotopic (exact) mass is 677 g/mol. The minimum absolute atomic E-state index is 0.0296. The van der Waals surface area contributed by atoms with Crippen LogP contribution in [0, 0.1) is 6.92 Å². The van der Waals surface area contributed by atoms with E-state index >= 15 is 0 Å². The molecule has 49 heavy (non-hydrogen) atoms. The van der Waals surface area contributed by atoms with Crippen LogP contribution >= 0.6 is 0 Å². The number of likely N-dealkylation sites (N-methyl/N-ethyl adjacent to an activating group) is 1. The van der Waals surface area contributed by atoms with E-state index in [2.05, 4.69) is 5.32 Å². The maximum absolute atomic E-state index is 14.6. The van der Waals surface area contributed by atoms with Gasteiger partial charge in [-0.05, 0) is 78.7 Å². The maximum atomic E-state index is 14.6. The number of amides is 2. The number of methoxy groups -OCH3 is 1. The van der Waals surface area contributed by atoms with E-state index in [9.17, 15) is 18.0 Å². The first kappa shape index (κ1) is 34.7. The van der Waals surface area contributed by atoms with Crippen molar-refractivity contribution in [3.8, 4) is 17.2 Å². The minimum Gasteiger partial charge on any atom is -0.497 e. The Bertz CT molecular complexity index is 1950. The zero-order valence-corrected chi connectivity index (χ0v) is 28.5. The van der Waals surface area contributed by atoms with E-state index in [-0.39, 0.29) is 29.5 Å². The lowest BCUT2D eigenvalue weighted by Gasteiger charge is -2.33. The van der Waals surface area contributed by atoms with E-state index in [1.54, 1.807) is 61.7 Å². The summed E-state index contributed by atoms with van der Waals surface area (Å²) >= 11 is 0. The fourth-order valence-corrected chi connectivity index (χ4v) is 6.77. The second-order valence-electron chi connectivity index (χ2n) is 11.4. The van der Waals surface area contributed by atoms with Crippen molar-refractivity contribution >= 4 is 27.5 Å². The van der Waals surface area contributed by atoms with Gasteiger partial charge in [0, 0.05) is 20.0 Å². The fourth-order valence-electron chi connectivity index (χ4n) is 5.36. The van der Waals surface area contributed by atoms with Gasteiger partial charge in [-0.25, -0.2) is 8.42 Å². The highest BCUT2D eigenvalue weighted by molar-refractivity contribution is 7.92. The number of nitrogens with one attached hydrogen (secondary N) is 1. The molecule has 9 nitrogen and oxygen atoms in total. The number of carbonyl (C=O) groups excluding carboxylic acids is 2. The normalized spacial score (nSPS) is 11.7. The lowest BCUT2D eigenvalue weighted by molar-refractivity contribution is -0.139. The summed E-state index contributed by atoms with van der Waals surface area (Å²) in [6.45, 7) is 1.33. The Morgan fingerprint density at radius 2 is 1.33 bits per heavy atom. The average Bonchev–Trinajstić information content (AvgIpc) is 3.13. The number of nitrogens with zero attached hydrogens (tertiary/aromatic N) is 2. The molecule has 10 heteroatoms. The van der Waals surface area contributed by atoms with Crippen LogP contribution in [0.5, 0.6) is 17.2 Å². The smallest absolute Gasteiger partial charge is 0.264 e. The molecule has 0 saturated carbocycles. The van der Waals surface area contributed by atoms with E-state index in [1.807, 2.05) is 73.7 Å². The maximum Gasteiger partial charge on any atom is 0.264 e. The standard InChI is InChI=1S/C39H39N3O6S/c1-29-17-23-36(24-18-29)49(45,46)42(32-19-21-34(22-20-32)48-33-14-8-5-9-15-33)28-38(43)41(27-31-13-10-16-35(25-31)47-3)37(39(44)40-2)26-30-11-6-4-7-12-30/h4-25,37H,26-28H2,1-3H3,(H,40,44)/t37-/m0/s1. The highest BCUT2D eigenvalue weighted by Crippen LogP contribution is 2.29. The first-order valence-electron chi connectivity index (χ1n) is 15.8.